The van der Waals surface area contributed by atoms with Crippen molar-refractivity contribution in [3.63, 3.8) is 0 Å². The maximum Gasteiger partial charge on any atom is 0.306 e. The van der Waals surface area contributed by atoms with Gasteiger partial charge in [-0.2, -0.15) is 0 Å². The third-order valence-electron chi connectivity index (χ3n) is 4.34. The Bertz CT molecular complexity index is 255. The lowest BCUT2D eigenvalue weighted by molar-refractivity contribution is -0.140. The van der Waals surface area contributed by atoms with Crippen LogP contribution in [-0.4, -0.2) is 21.8 Å². The van der Waals surface area contributed by atoms with Gasteiger partial charge < -0.3 is 10.2 Å². The highest BCUT2D eigenvalue weighted by atomic mass is 16.4. The average molecular weight is 168 g/mol. The number of carbonyl (C=O) groups is 1. The number of fused-ring (bicyclic) bond motifs is 1. The van der Waals surface area contributed by atoms with Crippen LogP contribution in [0.15, 0.2) is 0 Å². The molecule has 0 aromatic rings. The van der Waals surface area contributed by atoms with Crippen LogP contribution in [0, 0.1) is 10.8 Å². The molecule has 3 nitrogen and oxygen atoms in total. The number of rotatable bonds is 2. The van der Waals surface area contributed by atoms with Crippen molar-refractivity contribution in [3.05, 3.63) is 0 Å². The zero-order chi connectivity index (χ0) is 8.61. The van der Waals surface area contributed by atoms with Gasteiger partial charge in [-0.05, 0) is 25.7 Å². The first-order chi connectivity index (χ1) is 5.58. The van der Waals surface area contributed by atoms with Crippen molar-refractivity contribution in [1.82, 2.24) is 0 Å². The molecule has 0 aromatic heterocycles. The van der Waals surface area contributed by atoms with Crippen LogP contribution in [0.5, 0.6) is 0 Å². The Morgan fingerprint density at radius 1 is 1.17 bits per heavy atom. The molecular weight excluding hydrogens is 156 g/mol. The summed E-state index contributed by atoms with van der Waals surface area (Å²) in [6, 6.07) is 0. The zero-order valence-corrected chi connectivity index (χ0v) is 6.84. The molecule has 0 amide bonds. The van der Waals surface area contributed by atoms with Gasteiger partial charge in [-0.25, -0.2) is 0 Å². The zero-order valence-electron chi connectivity index (χ0n) is 6.84. The molecule has 0 aliphatic heterocycles. The third-order valence-corrected chi connectivity index (χ3v) is 4.34. The molecular formula is C9H12O3. The molecule has 0 bridgehead atoms. The predicted octanol–water partition coefficient (Wildman–Crippen LogP) is 0.766. The second-order valence-corrected chi connectivity index (χ2v) is 4.60. The van der Waals surface area contributed by atoms with Crippen molar-refractivity contribution < 1.29 is 15.0 Å². The van der Waals surface area contributed by atoms with E-state index >= 15 is 0 Å². The Balaban J connectivity index is 1.89. The Hall–Kier alpha value is -0.570. The molecule has 0 unspecified atom stereocenters. The highest BCUT2D eigenvalue weighted by Crippen LogP contribution is 2.94. The number of aliphatic carboxylic acids is 1. The van der Waals surface area contributed by atoms with Gasteiger partial charge in [0.25, 0.3) is 0 Å². The molecule has 0 radical (unpaired) electrons. The predicted molar refractivity (Wildman–Crippen MR) is 40.5 cm³/mol. The first kappa shape index (κ1) is 6.89. The Labute approximate surface area is 70.4 Å². The quantitative estimate of drug-likeness (QED) is 0.640. The number of hydrogen-bond donors (Lipinski definition) is 2. The molecule has 3 aliphatic rings. The van der Waals surface area contributed by atoms with Gasteiger partial charge in [0.05, 0.1) is 12.0 Å². The fourth-order valence-electron chi connectivity index (χ4n) is 3.50. The average Bonchev–Trinajstić information content (AvgIpc) is 2.81. The molecule has 3 aliphatic carbocycles. The first-order valence-corrected chi connectivity index (χ1v) is 4.52. The Morgan fingerprint density at radius 2 is 1.58 bits per heavy atom. The summed E-state index contributed by atoms with van der Waals surface area (Å²) in [5.74, 6) is -0.854. The maximum absolute atomic E-state index is 10.5. The van der Waals surface area contributed by atoms with Crippen LogP contribution < -0.4 is 0 Å². The summed E-state index contributed by atoms with van der Waals surface area (Å²) in [7, 11) is 0. The van der Waals surface area contributed by atoms with Crippen LogP contribution >= 0.6 is 0 Å². The minimum atomic E-state index is -0.854. The lowest BCUT2D eigenvalue weighted by Crippen LogP contribution is -2.19. The third kappa shape index (κ3) is 0.431. The van der Waals surface area contributed by atoms with Gasteiger partial charge in [-0.3, -0.25) is 4.79 Å². The fraction of sp³-hybridized carbons (Fsp3) is 0.889. The molecule has 3 saturated carbocycles. The second kappa shape index (κ2) is 1.43. The number of aliphatic hydroxyl groups is 1. The summed E-state index contributed by atoms with van der Waals surface area (Å²) in [4.78, 5) is 10.5. The van der Waals surface area contributed by atoms with E-state index in [1.807, 2.05) is 0 Å². The SMILES string of the molecule is O=C(O)CC1(O)C2(CC2)C12CC2. The van der Waals surface area contributed by atoms with E-state index < -0.39 is 11.6 Å². The van der Waals surface area contributed by atoms with Crippen LogP contribution in [0.25, 0.3) is 0 Å². The summed E-state index contributed by atoms with van der Waals surface area (Å²) in [5, 5.41) is 18.7. The first-order valence-electron chi connectivity index (χ1n) is 4.52. The molecule has 2 N–H and O–H groups in total. The van der Waals surface area contributed by atoms with E-state index in [1.54, 1.807) is 0 Å². The number of hydrogen-bond acceptors (Lipinski definition) is 2. The van der Waals surface area contributed by atoms with E-state index in [0.717, 1.165) is 25.7 Å². The second-order valence-electron chi connectivity index (χ2n) is 4.60. The van der Waals surface area contributed by atoms with Crippen LogP contribution in [0.4, 0.5) is 0 Å². The van der Waals surface area contributed by atoms with Crippen LogP contribution in [-0.2, 0) is 4.79 Å². The Kier molecular flexibility index (Phi) is 0.824. The van der Waals surface area contributed by atoms with Crippen LogP contribution in [0.1, 0.15) is 32.1 Å². The molecule has 0 atom stereocenters. The molecule has 0 aromatic carbocycles. The van der Waals surface area contributed by atoms with E-state index in [2.05, 4.69) is 0 Å². The van der Waals surface area contributed by atoms with Crippen molar-refractivity contribution >= 4 is 5.97 Å². The highest BCUT2D eigenvalue weighted by molar-refractivity contribution is 5.71. The van der Waals surface area contributed by atoms with Gasteiger partial charge in [-0.15, -0.1) is 0 Å². The molecule has 3 heteroatoms. The summed E-state index contributed by atoms with van der Waals surface area (Å²) in [6.45, 7) is 0. The van der Waals surface area contributed by atoms with Crippen LogP contribution in [0.3, 0.4) is 0 Å². The molecule has 2 spiro atoms. The topological polar surface area (TPSA) is 57.5 Å². The Morgan fingerprint density at radius 3 is 1.83 bits per heavy atom. The highest BCUT2D eigenvalue weighted by Gasteiger charge is 2.95. The lowest BCUT2D eigenvalue weighted by atomic mass is 10.1. The molecule has 3 fully saturated rings. The normalized spacial score (nSPS) is 43.1. The monoisotopic (exact) mass is 168 g/mol. The van der Waals surface area contributed by atoms with Gasteiger partial charge in [0, 0.05) is 10.8 Å². The van der Waals surface area contributed by atoms with E-state index in [1.165, 1.54) is 0 Å². The maximum atomic E-state index is 10.5. The number of carboxylic acid groups (broad SMARTS) is 1. The number of carboxylic acids is 1. The van der Waals surface area contributed by atoms with Gasteiger partial charge >= 0.3 is 5.97 Å². The fourth-order valence-corrected chi connectivity index (χ4v) is 3.50. The standard InChI is InChI=1S/C9H12O3/c10-6(11)5-9(12)7(1-2-7)8(9)3-4-8/h12H,1-5H2,(H,10,11). The van der Waals surface area contributed by atoms with E-state index in [4.69, 9.17) is 5.11 Å². The summed E-state index contributed by atoms with van der Waals surface area (Å²) in [6.07, 6.45) is 4.17. The van der Waals surface area contributed by atoms with Crippen molar-refractivity contribution in [2.24, 2.45) is 10.8 Å². The van der Waals surface area contributed by atoms with Crippen molar-refractivity contribution in [2.75, 3.05) is 0 Å². The van der Waals surface area contributed by atoms with Gasteiger partial charge in [0.15, 0.2) is 0 Å². The van der Waals surface area contributed by atoms with E-state index in [-0.39, 0.29) is 17.3 Å². The molecule has 66 valence electrons. The minimum Gasteiger partial charge on any atom is -0.481 e. The molecule has 0 saturated heterocycles. The minimum absolute atomic E-state index is 0.0347. The summed E-state index contributed by atoms with van der Waals surface area (Å²) >= 11 is 0. The molecule has 12 heavy (non-hydrogen) atoms. The summed E-state index contributed by atoms with van der Waals surface area (Å²) < 4.78 is 0. The lowest BCUT2D eigenvalue weighted by Gasteiger charge is -2.05. The van der Waals surface area contributed by atoms with Gasteiger partial charge in [-0.1, -0.05) is 0 Å². The van der Waals surface area contributed by atoms with E-state index in [0.29, 0.717) is 0 Å². The molecule has 0 heterocycles. The largest absolute Gasteiger partial charge is 0.481 e. The van der Waals surface area contributed by atoms with Crippen LogP contribution in [0.2, 0.25) is 0 Å². The van der Waals surface area contributed by atoms with Crippen molar-refractivity contribution in [3.8, 4) is 0 Å². The van der Waals surface area contributed by atoms with Gasteiger partial charge in [0.2, 0.25) is 0 Å². The van der Waals surface area contributed by atoms with Crippen molar-refractivity contribution in [1.29, 1.82) is 0 Å². The van der Waals surface area contributed by atoms with Gasteiger partial charge in [0.1, 0.15) is 0 Å². The smallest absolute Gasteiger partial charge is 0.306 e. The van der Waals surface area contributed by atoms with E-state index in [9.17, 15) is 9.90 Å². The van der Waals surface area contributed by atoms with Crippen molar-refractivity contribution in [2.45, 2.75) is 37.7 Å². The summed E-state index contributed by atoms with van der Waals surface area (Å²) in [5.41, 5.74) is -0.678. The molecule has 3 rings (SSSR count).